The fourth-order valence-electron chi connectivity index (χ4n) is 2.20. The van der Waals surface area contributed by atoms with Crippen LogP contribution in [-0.2, 0) is 0 Å². The number of hydrogen-bond acceptors (Lipinski definition) is 1. The summed E-state index contributed by atoms with van der Waals surface area (Å²) in [6.45, 7) is 5.64. The zero-order chi connectivity index (χ0) is 8.27. The van der Waals surface area contributed by atoms with Crippen LogP contribution in [0.5, 0.6) is 0 Å². The fourth-order valence-corrected chi connectivity index (χ4v) is 2.20. The predicted molar refractivity (Wildman–Crippen MR) is 49.3 cm³/mol. The molecule has 1 heteroatoms. The topological polar surface area (TPSA) is 26.0 Å². The van der Waals surface area contributed by atoms with Crippen molar-refractivity contribution in [2.24, 2.45) is 23.5 Å². The molecule has 0 aromatic carbocycles. The van der Waals surface area contributed by atoms with E-state index in [1.807, 2.05) is 0 Å². The summed E-state index contributed by atoms with van der Waals surface area (Å²) < 4.78 is 0. The van der Waals surface area contributed by atoms with Gasteiger partial charge >= 0.3 is 0 Å². The van der Waals surface area contributed by atoms with E-state index in [1.165, 1.54) is 25.7 Å². The maximum absolute atomic E-state index is 5.73. The quantitative estimate of drug-likeness (QED) is 0.578. The molecule has 1 aliphatic carbocycles. The summed E-state index contributed by atoms with van der Waals surface area (Å²) in [6.07, 6.45) is 5.60. The third kappa shape index (κ3) is 2.19. The molecule has 0 aromatic heterocycles. The minimum Gasteiger partial charge on any atom is -0.330 e. The molecule has 1 rings (SSSR count). The first-order valence-electron chi connectivity index (χ1n) is 4.95. The van der Waals surface area contributed by atoms with Crippen LogP contribution >= 0.6 is 0 Å². The highest BCUT2D eigenvalue weighted by molar-refractivity contribution is 4.75. The normalized spacial score (nSPS) is 40.1. The lowest BCUT2D eigenvalue weighted by Crippen LogP contribution is -2.24. The van der Waals surface area contributed by atoms with Crippen LogP contribution in [0.2, 0.25) is 0 Å². The van der Waals surface area contributed by atoms with Crippen LogP contribution in [0.4, 0.5) is 0 Å². The van der Waals surface area contributed by atoms with E-state index < -0.39 is 0 Å². The molecule has 0 spiro atoms. The third-order valence-corrected chi connectivity index (χ3v) is 3.43. The first-order valence-corrected chi connectivity index (χ1v) is 4.95. The Morgan fingerprint density at radius 3 is 2.45 bits per heavy atom. The Balaban J connectivity index is 2.49. The number of nitrogens with two attached hydrogens (primary N) is 1. The van der Waals surface area contributed by atoms with Gasteiger partial charge in [-0.05, 0) is 30.7 Å². The minimum absolute atomic E-state index is 0.799. The van der Waals surface area contributed by atoms with Crippen molar-refractivity contribution in [3.05, 3.63) is 0 Å². The van der Waals surface area contributed by atoms with Crippen molar-refractivity contribution in [1.82, 2.24) is 0 Å². The average Bonchev–Trinajstić information content (AvgIpc) is 2.16. The predicted octanol–water partition coefficient (Wildman–Crippen LogP) is 2.41. The molecule has 11 heavy (non-hydrogen) atoms. The smallest absolute Gasteiger partial charge is 0.00462 e. The Labute approximate surface area is 70.4 Å². The van der Waals surface area contributed by atoms with Gasteiger partial charge in [0.25, 0.3) is 0 Å². The first kappa shape index (κ1) is 9.05. The highest BCUT2D eigenvalue weighted by Gasteiger charge is 2.23. The Morgan fingerprint density at radius 2 is 1.82 bits per heavy atom. The maximum atomic E-state index is 5.73. The van der Waals surface area contributed by atoms with Gasteiger partial charge in [0.05, 0.1) is 0 Å². The molecule has 1 fully saturated rings. The van der Waals surface area contributed by atoms with E-state index in [0.717, 1.165) is 24.3 Å². The van der Waals surface area contributed by atoms with Crippen LogP contribution in [0.3, 0.4) is 0 Å². The molecule has 1 saturated carbocycles. The molecule has 3 atom stereocenters. The van der Waals surface area contributed by atoms with E-state index in [4.69, 9.17) is 5.73 Å². The molecule has 0 bridgehead atoms. The van der Waals surface area contributed by atoms with E-state index in [9.17, 15) is 0 Å². The lowest BCUT2D eigenvalue weighted by molar-refractivity contribution is 0.271. The number of hydrogen-bond donors (Lipinski definition) is 1. The summed E-state index contributed by atoms with van der Waals surface area (Å²) >= 11 is 0. The van der Waals surface area contributed by atoms with Gasteiger partial charge in [0, 0.05) is 0 Å². The van der Waals surface area contributed by atoms with Crippen molar-refractivity contribution in [1.29, 1.82) is 0 Å². The van der Waals surface area contributed by atoms with Gasteiger partial charge in [-0.3, -0.25) is 0 Å². The van der Waals surface area contributed by atoms with Gasteiger partial charge in [0.15, 0.2) is 0 Å². The van der Waals surface area contributed by atoms with E-state index in [1.54, 1.807) is 0 Å². The Hall–Kier alpha value is -0.0400. The molecule has 0 aromatic rings. The van der Waals surface area contributed by atoms with Crippen LogP contribution < -0.4 is 5.73 Å². The monoisotopic (exact) mass is 155 g/mol. The highest BCUT2D eigenvalue weighted by atomic mass is 14.6. The minimum atomic E-state index is 0.799. The van der Waals surface area contributed by atoms with Gasteiger partial charge in [-0.25, -0.2) is 0 Å². The Bertz CT molecular complexity index is 111. The highest BCUT2D eigenvalue weighted by Crippen LogP contribution is 2.31. The van der Waals surface area contributed by atoms with Gasteiger partial charge in [0.1, 0.15) is 0 Å². The van der Waals surface area contributed by atoms with E-state index >= 15 is 0 Å². The summed E-state index contributed by atoms with van der Waals surface area (Å²) in [5.74, 6) is 2.54. The van der Waals surface area contributed by atoms with Crippen molar-refractivity contribution in [3.63, 3.8) is 0 Å². The summed E-state index contributed by atoms with van der Waals surface area (Å²) in [7, 11) is 0. The van der Waals surface area contributed by atoms with Gasteiger partial charge < -0.3 is 5.73 Å². The van der Waals surface area contributed by atoms with Crippen LogP contribution in [0.15, 0.2) is 0 Å². The number of rotatable bonds is 1. The zero-order valence-corrected chi connectivity index (χ0v) is 7.84. The van der Waals surface area contributed by atoms with Crippen LogP contribution in [0, 0.1) is 17.8 Å². The lowest BCUT2D eigenvalue weighted by Gasteiger charge is -2.24. The molecule has 1 nitrogen and oxygen atoms in total. The molecule has 0 radical (unpaired) electrons. The molecule has 0 heterocycles. The maximum Gasteiger partial charge on any atom is -0.00462 e. The van der Waals surface area contributed by atoms with Crippen molar-refractivity contribution in [3.8, 4) is 0 Å². The summed E-state index contributed by atoms with van der Waals surface area (Å²) in [6, 6.07) is 0. The van der Waals surface area contributed by atoms with Crippen molar-refractivity contribution >= 4 is 0 Å². The molecular formula is C10H21N. The second-order valence-corrected chi connectivity index (χ2v) is 4.12. The van der Waals surface area contributed by atoms with Crippen molar-refractivity contribution in [2.75, 3.05) is 6.54 Å². The molecule has 1 aliphatic rings. The molecule has 0 amide bonds. The second-order valence-electron chi connectivity index (χ2n) is 4.12. The molecular weight excluding hydrogens is 134 g/mol. The van der Waals surface area contributed by atoms with Crippen molar-refractivity contribution < 1.29 is 0 Å². The standard InChI is InChI=1S/C10H21N/c1-8-5-3-4-6-10(7-11)9(8)2/h8-10H,3-7,11H2,1-2H3. The Morgan fingerprint density at radius 1 is 1.18 bits per heavy atom. The molecule has 0 aliphatic heterocycles. The van der Waals surface area contributed by atoms with Gasteiger partial charge in [-0.2, -0.15) is 0 Å². The molecule has 66 valence electrons. The van der Waals surface area contributed by atoms with E-state index in [-0.39, 0.29) is 0 Å². The van der Waals surface area contributed by atoms with Crippen molar-refractivity contribution in [2.45, 2.75) is 39.5 Å². The second kappa shape index (κ2) is 4.10. The molecule has 3 unspecified atom stereocenters. The SMILES string of the molecule is CC1CCCCC(CN)C1C. The van der Waals surface area contributed by atoms with E-state index in [0.29, 0.717) is 0 Å². The molecule has 2 N–H and O–H groups in total. The van der Waals surface area contributed by atoms with Gasteiger partial charge in [-0.1, -0.05) is 33.1 Å². The first-order chi connectivity index (χ1) is 5.25. The third-order valence-electron chi connectivity index (χ3n) is 3.43. The summed E-state index contributed by atoms with van der Waals surface area (Å²) in [5, 5.41) is 0. The van der Waals surface area contributed by atoms with Crippen LogP contribution in [-0.4, -0.2) is 6.54 Å². The Kier molecular flexibility index (Phi) is 3.38. The summed E-state index contributed by atoms with van der Waals surface area (Å²) in [4.78, 5) is 0. The lowest BCUT2D eigenvalue weighted by atomic mass is 9.83. The fraction of sp³-hybridized carbons (Fsp3) is 1.00. The van der Waals surface area contributed by atoms with Gasteiger partial charge in [0.2, 0.25) is 0 Å². The van der Waals surface area contributed by atoms with E-state index in [2.05, 4.69) is 13.8 Å². The summed E-state index contributed by atoms with van der Waals surface area (Å²) in [5.41, 5.74) is 5.73. The largest absolute Gasteiger partial charge is 0.330 e. The van der Waals surface area contributed by atoms with Crippen LogP contribution in [0.1, 0.15) is 39.5 Å². The molecule has 0 saturated heterocycles. The van der Waals surface area contributed by atoms with Crippen LogP contribution in [0.25, 0.3) is 0 Å². The average molecular weight is 155 g/mol. The van der Waals surface area contributed by atoms with Gasteiger partial charge in [-0.15, -0.1) is 0 Å². The zero-order valence-electron chi connectivity index (χ0n) is 7.84.